The van der Waals surface area contributed by atoms with Crippen molar-refractivity contribution in [3.05, 3.63) is 80.9 Å². The molecule has 6 heteroatoms. The number of hydrogen-bond donors (Lipinski definition) is 0. The van der Waals surface area contributed by atoms with Crippen LogP contribution in [0, 0.1) is 17.0 Å². The molecule has 1 atom stereocenters. The van der Waals surface area contributed by atoms with Crippen LogP contribution in [0.2, 0.25) is 0 Å². The summed E-state index contributed by atoms with van der Waals surface area (Å²) in [4.78, 5) is 10.4. The van der Waals surface area contributed by atoms with Gasteiger partial charge in [0.15, 0.2) is 0 Å². The van der Waals surface area contributed by atoms with Gasteiger partial charge in [0, 0.05) is 4.92 Å². The lowest BCUT2D eigenvalue weighted by Crippen LogP contribution is -2.14. The minimum atomic E-state index is -4.42. The Morgan fingerprint density at radius 3 is 1.86 bits per heavy atom. The first-order chi connectivity index (χ1) is 10.3. The average Bonchev–Trinajstić information content (AvgIpc) is 2.45. The maximum atomic E-state index is 12.6. The monoisotopic (exact) mass is 309 g/mol. The molecular formula is C16H14F3NO2. The number of alkyl halides is 3. The Balaban J connectivity index is 2.37. The zero-order valence-corrected chi connectivity index (χ0v) is 11.8. The van der Waals surface area contributed by atoms with Crippen LogP contribution in [-0.2, 0) is 6.18 Å². The number of benzene rings is 2. The second kappa shape index (κ2) is 6.17. The lowest BCUT2D eigenvalue weighted by molar-refractivity contribution is -0.481. The minimum Gasteiger partial charge on any atom is -0.265 e. The van der Waals surface area contributed by atoms with Crippen LogP contribution in [0.1, 0.15) is 28.2 Å². The Kier molecular flexibility index (Phi) is 4.49. The Morgan fingerprint density at radius 2 is 1.45 bits per heavy atom. The van der Waals surface area contributed by atoms with Crippen LogP contribution < -0.4 is 0 Å². The van der Waals surface area contributed by atoms with E-state index in [0.29, 0.717) is 11.1 Å². The van der Waals surface area contributed by atoms with E-state index in [1.807, 2.05) is 19.1 Å². The van der Waals surface area contributed by atoms with Gasteiger partial charge in [-0.2, -0.15) is 13.2 Å². The predicted octanol–water partition coefficient (Wildman–Crippen LogP) is 4.42. The third-order valence-corrected chi connectivity index (χ3v) is 3.45. The van der Waals surface area contributed by atoms with Gasteiger partial charge in [0.25, 0.3) is 0 Å². The van der Waals surface area contributed by atoms with Crippen LogP contribution in [0.4, 0.5) is 13.2 Å². The molecular weight excluding hydrogens is 295 g/mol. The van der Waals surface area contributed by atoms with Crippen LogP contribution >= 0.6 is 0 Å². The highest BCUT2D eigenvalue weighted by molar-refractivity contribution is 5.36. The van der Waals surface area contributed by atoms with E-state index >= 15 is 0 Å². The molecule has 0 radical (unpaired) electrons. The van der Waals surface area contributed by atoms with Crippen LogP contribution in [0.3, 0.4) is 0 Å². The number of rotatable bonds is 4. The summed E-state index contributed by atoms with van der Waals surface area (Å²) in [5, 5.41) is 10.9. The van der Waals surface area contributed by atoms with Gasteiger partial charge in [0.05, 0.1) is 11.5 Å². The summed E-state index contributed by atoms with van der Waals surface area (Å²) in [6.07, 6.45) is -4.42. The van der Waals surface area contributed by atoms with Crippen molar-refractivity contribution in [2.45, 2.75) is 19.0 Å². The lowest BCUT2D eigenvalue weighted by Gasteiger charge is -2.15. The summed E-state index contributed by atoms with van der Waals surface area (Å²) in [6.45, 7) is 1.53. The third-order valence-electron chi connectivity index (χ3n) is 3.45. The highest BCUT2D eigenvalue weighted by Crippen LogP contribution is 2.31. The summed E-state index contributed by atoms with van der Waals surface area (Å²) in [5.41, 5.74) is 1.45. The molecule has 0 aliphatic rings. The topological polar surface area (TPSA) is 43.1 Å². The van der Waals surface area contributed by atoms with Gasteiger partial charge < -0.3 is 0 Å². The maximum absolute atomic E-state index is 12.6. The molecule has 0 amide bonds. The largest absolute Gasteiger partial charge is 0.416 e. The van der Waals surface area contributed by atoms with Gasteiger partial charge in [-0.25, -0.2) is 0 Å². The Bertz CT molecular complexity index is 649. The van der Waals surface area contributed by atoms with E-state index in [-0.39, 0.29) is 6.54 Å². The molecule has 2 aromatic carbocycles. The second-order valence-electron chi connectivity index (χ2n) is 5.10. The van der Waals surface area contributed by atoms with Gasteiger partial charge in [-0.1, -0.05) is 42.0 Å². The second-order valence-corrected chi connectivity index (χ2v) is 5.10. The van der Waals surface area contributed by atoms with Crippen molar-refractivity contribution in [2.75, 3.05) is 6.54 Å². The van der Waals surface area contributed by atoms with Crippen molar-refractivity contribution in [1.29, 1.82) is 0 Å². The van der Waals surface area contributed by atoms with Crippen molar-refractivity contribution in [1.82, 2.24) is 0 Å². The van der Waals surface area contributed by atoms with Crippen molar-refractivity contribution in [3.63, 3.8) is 0 Å². The summed E-state index contributed by atoms with van der Waals surface area (Å²) in [7, 11) is 0. The lowest BCUT2D eigenvalue weighted by atomic mass is 9.90. The zero-order chi connectivity index (χ0) is 16.3. The van der Waals surface area contributed by atoms with E-state index in [4.69, 9.17) is 0 Å². The van der Waals surface area contributed by atoms with E-state index in [0.717, 1.165) is 17.7 Å². The molecule has 0 aliphatic heterocycles. The van der Waals surface area contributed by atoms with E-state index in [1.165, 1.54) is 12.1 Å². The van der Waals surface area contributed by atoms with E-state index in [1.54, 1.807) is 12.1 Å². The van der Waals surface area contributed by atoms with Gasteiger partial charge in [-0.15, -0.1) is 0 Å². The summed E-state index contributed by atoms with van der Waals surface area (Å²) in [6, 6.07) is 11.7. The molecule has 116 valence electrons. The molecule has 3 nitrogen and oxygen atoms in total. The quantitative estimate of drug-likeness (QED) is 0.619. The SMILES string of the molecule is Cc1ccc([C@H](C[N+](=O)[O-])c2ccc(C(F)(F)F)cc2)cc1. The number of halogens is 3. The zero-order valence-electron chi connectivity index (χ0n) is 11.8. The van der Waals surface area contributed by atoms with Gasteiger partial charge >= 0.3 is 6.18 Å². The minimum absolute atomic E-state index is 0.367. The van der Waals surface area contributed by atoms with Gasteiger partial charge in [-0.3, -0.25) is 10.1 Å². The fraction of sp³-hybridized carbons (Fsp3) is 0.250. The highest BCUT2D eigenvalue weighted by Gasteiger charge is 2.30. The van der Waals surface area contributed by atoms with Crippen LogP contribution in [0.25, 0.3) is 0 Å². The van der Waals surface area contributed by atoms with Crippen molar-refractivity contribution in [3.8, 4) is 0 Å². The first-order valence-electron chi connectivity index (χ1n) is 6.63. The van der Waals surface area contributed by atoms with E-state index in [9.17, 15) is 23.3 Å². The maximum Gasteiger partial charge on any atom is 0.416 e. The van der Waals surface area contributed by atoms with Gasteiger partial charge in [0.2, 0.25) is 6.54 Å². The van der Waals surface area contributed by atoms with Crippen molar-refractivity contribution in [2.24, 2.45) is 0 Å². The molecule has 0 unspecified atom stereocenters. The van der Waals surface area contributed by atoms with Crippen LogP contribution in [0.15, 0.2) is 48.5 Å². The summed E-state index contributed by atoms with van der Waals surface area (Å²) >= 11 is 0. The molecule has 0 heterocycles. The predicted molar refractivity (Wildman–Crippen MR) is 76.3 cm³/mol. The molecule has 22 heavy (non-hydrogen) atoms. The molecule has 0 spiro atoms. The van der Waals surface area contributed by atoms with Crippen molar-refractivity contribution < 1.29 is 18.1 Å². The van der Waals surface area contributed by atoms with Gasteiger partial charge in [-0.05, 0) is 30.2 Å². The van der Waals surface area contributed by atoms with E-state index in [2.05, 4.69) is 0 Å². The smallest absolute Gasteiger partial charge is 0.265 e. The normalized spacial score (nSPS) is 12.9. The molecule has 2 rings (SSSR count). The molecule has 0 fully saturated rings. The number of nitro groups is 1. The Morgan fingerprint density at radius 1 is 1.00 bits per heavy atom. The first-order valence-corrected chi connectivity index (χ1v) is 6.63. The summed E-state index contributed by atoms with van der Waals surface area (Å²) in [5.74, 6) is -0.571. The molecule has 0 saturated heterocycles. The molecule has 2 aromatic rings. The fourth-order valence-electron chi connectivity index (χ4n) is 2.26. The molecule has 0 N–H and O–H groups in total. The standard InChI is InChI=1S/C16H14F3NO2/c1-11-2-4-12(5-3-11)15(10-20(21)22)13-6-8-14(9-7-13)16(17,18)19/h2-9,15H,10H2,1H3/t15-/m0/s1. The van der Waals surface area contributed by atoms with E-state index < -0.39 is 22.6 Å². The number of aryl methyl sites for hydroxylation is 1. The average molecular weight is 309 g/mol. The Labute approximate surface area is 125 Å². The molecule has 0 aromatic heterocycles. The molecule has 0 aliphatic carbocycles. The first kappa shape index (κ1) is 16.0. The number of hydrogen-bond acceptors (Lipinski definition) is 2. The highest BCUT2D eigenvalue weighted by atomic mass is 19.4. The molecule has 0 saturated carbocycles. The van der Waals surface area contributed by atoms with Crippen LogP contribution in [-0.4, -0.2) is 11.5 Å². The van der Waals surface area contributed by atoms with Gasteiger partial charge in [0.1, 0.15) is 0 Å². The molecule has 0 bridgehead atoms. The fourth-order valence-corrected chi connectivity index (χ4v) is 2.26. The Hall–Kier alpha value is -2.37. The van der Waals surface area contributed by atoms with Crippen molar-refractivity contribution >= 4 is 0 Å². The van der Waals surface area contributed by atoms with Crippen LogP contribution in [0.5, 0.6) is 0 Å². The third kappa shape index (κ3) is 3.84. The number of nitrogens with zero attached hydrogens (tertiary/aromatic N) is 1. The summed E-state index contributed by atoms with van der Waals surface area (Å²) < 4.78 is 37.8.